The molecule has 4 N–H and O–H groups in total. The normalized spacial score (nSPS) is 19.5. The highest BCUT2D eigenvalue weighted by Crippen LogP contribution is 2.40. The number of hydrogen-bond donors (Lipinski definition) is 3. The van der Waals surface area contributed by atoms with E-state index in [0.29, 0.717) is 17.9 Å². The van der Waals surface area contributed by atoms with Crippen LogP contribution in [0.1, 0.15) is 12.7 Å². The van der Waals surface area contributed by atoms with Gasteiger partial charge in [0.15, 0.2) is 24.1 Å². The van der Waals surface area contributed by atoms with Gasteiger partial charge in [0.1, 0.15) is 29.4 Å². The lowest BCUT2D eigenvalue weighted by molar-refractivity contribution is -0.688. The second-order valence-electron chi connectivity index (χ2n) is 8.06. The van der Waals surface area contributed by atoms with E-state index in [1.807, 2.05) is 48.1 Å². The molecule has 4 rings (SSSR count). The molecule has 2 aliphatic heterocycles. The Bertz CT molecular complexity index is 1260. The number of rotatable bonds is 9. The Kier molecular flexibility index (Phi) is 7.40. The van der Waals surface area contributed by atoms with Crippen molar-refractivity contribution >= 4 is 57.6 Å². The predicted molar refractivity (Wildman–Crippen MR) is 133 cm³/mol. The van der Waals surface area contributed by atoms with Crippen molar-refractivity contribution in [3.8, 4) is 0 Å². The molecular formula is C21H25N8O5S2+. The molecule has 1 saturated heterocycles. The second kappa shape index (κ2) is 10.5. The summed E-state index contributed by atoms with van der Waals surface area (Å²) in [6.45, 7) is 2.21. The van der Waals surface area contributed by atoms with Gasteiger partial charge in [-0.1, -0.05) is 5.16 Å². The Balaban J connectivity index is 1.53. The number of amides is 2. The van der Waals surface area contributed by atoms with E-state index < -0.39 is 29.2 Å². The van der Waals surface area contributed by atoms with Gasteiger partial charge in [-0.2, -0.15) is 13.9 Å². The first-order chi connectivity index (χ1) is 17.2. The van der Waals surface area contributed by atoms with Crippen molar-refractivity contribution in [3.63, 3.8) is 0 Å². The summed E-state index contributed by atoms with van der Waals surface area (Å²) in [5, 5.41) is 15.9. The van der Waals surface area contributed by atoms with Gasteiger partial charge in [-0.15, -0.1) is 11.8 Å². The molecule has 0 radical (unpaired) electrons. The predicted octanol–water partition coefficient (Wildman–Crippen LogP) is -0.347. The molecule has 0 bridgehead atoms. The lowest BCUT2D eigenvalue weighted by atomic mass is 10.0. The molecule has 0 aliphatic carbocycles. The summed E-state index contributed by atoms with van der Waals surface area (Å²) < 4.78 is 5.86. The van der Waals surface area contributed by atoms with Crippen LogP contribution in [0.15, 0.2) is 41.0 Å². The van der Waals surface area contributed by atoms with Crippen LogP contribution >= 0.6 is 23.3 Å². The standard InChI is InChI=1S/C21H24N8O5S2/c1-4-34-25-13(16-24-21(22)36-26-16)17(30)23-14-18(31)29-15(20(32)33)11(10-35-19(14)29)8-28-7-5-6-12(9-28)27(2)3/h5-7,9,14,19H,4,8,10H2,1-3H3,(H3-,22,23,24,26,30,32,33)/p+1/t14?,19-/m1/s1. The minimum absolute atomic E-state index is 0.0197. The van der Waals surface area contributed by atoms with E-state index in [9.17, 15) is 19.5 Å². The largest absolute Gasteiger partial charge is 0.477 e. The Morgan fingerprint density at radius 3 is 2.86 bits per heavy atom. The van der Waals surface area contributed by atoms with E-state index in [-0.39, 0.29) is 29.0 Å². The number of nitrogens with zero attached hydrogens (tertiary/aromatic N) is 6. The summed E-state index contributed by atoms with van der Waals surface area (Å²) in [5.74, 6) is -2.08. The summed E-state index contributed by atoms with van der Waals surface area (Å²) in [5.41, 5.74) is 6.90. The van der Waals surface area contributed by atoms with Crippen LogP contribution in [0.5, 0.6) is 0 Å². The fourth-order valence-electron chi connectivity index (χ4n) is 3.75. The van der Waals surface area contributed by atoms with Crippen LogP contribution < -0.4 is 20.5 Å². The average molecular weight is 534 g/mol. The number of hydrogen-bond acceptors (Lipinski definition) is 11. The highest BCUT2D eigenvalue weighted by atomic mass is 32.2. The third kappa shape index (κ3) is 4.97. The van der Waals surface area contributed by atoms with Crippen molar-refractivity contribution in [1.29, 1.82) is 0 Å². The number of carbonyl (C=O) groups is 3. The number of β-lactam (4-membered cyclic amide) rings is 1. The van der Waals surface area contributed by atoms with Crippen molar-refractivity contribution in [2.75, 3.05) is 37.1 Å². The number of anilines is 2. The van der Waals surface area contributed by atoms with Gasteiger partial charge in [-0.05, 0) is 13.0 Å². The van der Waals surface area contributed by atoms with Gasteiger partial charge in [0.25, 0.3) is 11.8 Å². The number of nitrogens with two attached hydrogens (primary N) is 1. The first kappa shape index (κ1) is 25.4. The number of oxime groups is 1. The van der Waals surface area contributed by atoms with Gasteiger partial charge in [0.05, 0.1) is 0 Å². The van der Waals surface area contributed by atoms with Crippen LogP contribution in [0.3, 0.4) is 0 Å². The van der Waals surface area contributed by atoms with E-state index in [2.05, 4.69) is 19.8 Å². The van der Waals surface area contributed by atoms with Gasteiger partial charge in [-0.25, -0.2) is 4.79 Å². The molecule has 2 amide bonds. The molecule has 190 valence electrons. The third-order valence-electron chi connectivity index (χ3n) is 5.42. The first-order valence-corrected chi connectivity index (χ1v) is 12.7. The number of carbonyl (C=O) groups excluding carboxylic acids is 2. The number of nitrogen functional groups attached to an aromatic ring is 1. The van der Waals surface area contributed by atoms with E-state index >= 15 is 0 Å². The molecular weight excluding hydrogens is 508 g/mol. The number of carboxylic acids is 1. The average Bonchev–Trinajstić information content (AvgIpc) is 3.28. The highest BCUT2D eigenvalue weighted by molar-refractivity contribution is 8.00. The van der Waals surface area contributed by atoms with Crippen LogP contribution in [0.4, 0.5) is 10.8 Å². The summed E-state index contributed by atoms with van der Waals surface area (Å²) in [6, 6.07) is 2.88. The number of aromatic nitrogens is 3. The highest BCUT2D eigenvalue weighted by Gasteiger charge is 2.54. The number of fused-ring (bicyclic) bond motifs is 1. The zero-order valence-electron chi connectivity index (χ0n) is 19.7. The molecule has 4 heterocycles. The quantitative estimate of drug-likeness (QED) is 0.168. The first-order valence-electron chi connectivity index (χ1n) is 10.9. The summed E-state index contributed by atoms with van der Waals surface area (Å²) in [7, 11) is 3.83. The van der Waals surface area contributed by atoms with Crippen LogP contribution in [-0.2, 0) is 25.8 Å². The molecule has 0 aromatic carbocycles. The Hall–Kier alpha value is -3.72. The SMILES string of the molecule is CCON=C(C(=O)NC1C(=O)N2C(C(=O)O)=C(C[n+]3cccc(N(C)C)c3)CS[C@H]12)c1nsc(N)n1. The van der Waals surface area contributed by atoms with Crippen molar-refractivity contribution in [2.45, 2.75) is 24.9 Å². The van der Waals surface area contributed by atoms with E-state index in [0.717, 1.165) is 17.2 Å². The van der Waals surface area contributed by atoms with Gasteiger partial charge < -0.3 is 25.9 Å². The fraction of sp³-hybridized carbons (Fsp3) is 0.381. The van der Waals surface area contributed by atoms with Gasteiger partial charge in [0.2, 0.25) is 11.5 Å². The monoisotopic (exact) mass is 533 g/mol. The van der Waals surface area contributed by atoms with Crippen LogP contribution in [-0.4, -0.2) is 80.7 Å². The van der Waals surface area contributed by atoms with Crippen LogP contribution in [0, 0.1) is 0 Å². The van der Waals surface area contributed by atoms with Crippen LogP contribution in [0.25, 0.3) is 0 Å². The topological polar surface area (TPSA) is 167 Å². The third-order valence-corrected chi connectivity index (χ3v) is 7.30. The molecule has 1 unspecified atom stereocenters. The summed E-state index contributed by atoms with van der Waals surface area (Å²) in [4.78, 5) is 50.3. The Morgan fingerprint density at radius 2 is 2.22 bits per heavy atom. The Morgan fingerprint density at radius 1 is 1.44 bits per heavy atom. The molecule has 0 spiro atoms. The van der Waals surface area contributed by atoms with Gasteiger partial charge in [0, 0.05) is 43.0 Å². The zero-order chi connectivity index (χ0) is 26.0. The maximum absolute atomic E-state index is 13.0. The number of nitrogens with one attached hydrogen (secondary N) is 1. The van der Waals surface area contributed by atoms with E-state index in [1.54, 1.807) is 6.92 Å². The van der Waals surface area contributed by atoms with Crippen molar-refractivity contribution in [2.24, 2.45) is 5.16 Å². The minimum Gasteiger partial charge on any atom is -0.477 e. The van der Waals surface area contributed by atoms with Crippen molar-refractivity contribution in [3.05, 3.63) is 41.6 Å². The smallest absolute Gasteiger partial charge is 0.352 e. The van der Waals surface area contributed by atoms with E-state index in [4.69, 9.17) is 10.6 Å². The second-order valence-corrected chi connectivity index (χ2v) is 9.95. The summed E-state index contributed by atoms with van der Waals surface area (Å²) >= 11 is 2.27. The van der Waals surface area contributed by atoms with Crippen molar-refractivity contribution < 1.29 is 28.9 Å². The minimum atomic E-state index is -1.20. The maximum atomic E-state index is 13.0. The summed E-state index contributed by atoms with van der Waals surface area (Å²) in [6.07, 6.45) is 3.75. The Labute approximate surface area is 214 Å². The molecule has 2 aromatic heterocycles. The molecule has 1 fully saturated rings. The zero-order valence-corrected chi connectivity index (χ0v) is 21.4. The molecule has 15 heteroatoms. The number of aliphatic carboxylic acids is 1. The number of thioether (sulfide) groups is 1. The molecule has 2 aliphatic rings. The maximum Gasteiger partial charge on any atom is 0.352 e. The molecule has 13 nitrogen and oxygen atoms in total. The van der Waals surface area contributed by atoms with Gasteiger partial charge in [-0.3, -0.25) is 14.5 Å². The number of carboxylic acid groups (broad SMARTS) is 1. The van der Waals surface area contributed by atoms with Gasteiger partial charge >= 0.3 is 5.97 Å². The lowest BCUT2D eigenvalue weighted by Crippen LogP contribution is -2.71. The molecule has 2 aromatic rings. The molecule has 36 heavy (non-hydrogen) atoms. The van der Waals surface area contributed by atoms with E-state index in [1.165, 1.54) is 16.7 Å². The van der Waals surface area contributed by atoms with Crippen molar-refractivity contribution in [1.82, 2.24) is 19.6 Å². The fourth-order valence-corrected chi connectivity index (χ4v) is 5.52. The lowest BCUT2D eigenvalue weighted by Gasteiger charge is -2.49. The molecule has 0 saturated carbocycles. The number of pyridine rings is 1. The molecule has 2 atom stereocenters. The van der Waals surface area contributed by atoms with Crippen LogP contribution in [0.2, 0.25) is 0 Å².